The Morgan fingerprint density at radius 2 is 2.06 bits per heavy atom. The van der Waals surface area contributed by atoms with Crippen LogP contribution in [-0.2, 0) is 6.54 Å². The molecule has 0 amide bonds. The van der Waals surface area contributed by atoms with Crippen molar-refractivity contribution in [2.75, 3.05) is 0 Å². The zero-order valence-corrected chi connectivity index (χ0v) is 11.1. The first-order valence-corrected chi connectivity index (χ1v) is 7.01. The summed E-state index contributed by atoms with van der Waals surface area (Å²) in [6.45, 7) is 5.43. The van der Waals surface area contributed by atoms with Gasteiger partial charge in [-0.05, 0) is 38.0 Å². The van der Waals surface area contributed by atoms with Gasteiger partial charge in [-0.25, -0.2) is 0 Å². The van der Waals surface area contributed by atoms with Crippen molar-refractivity contribution < 1.29 is 4.74 Å². The minimum Gasteiger partial charge on any atom is -0.487 e. The predicted molar refractivity (Wildman–Crippen MR) is 69.2 cm³/mol. The molecule has 17 heavy (non-hydrogen) atoms. The van der Waals surface area contributed by atoms with Gasteiger partial charge in [-0.15, -0.1) is 0 Å². The van der Waals surface area contributed by atoms with E-state index in [1.807, 2.05) is 17.1 Å². The molecule has 1 heterocycles. The van der Waals surface area contributed by atoms with Crippen molar-refractivity contribution in [3.8, 4) is 5.75 Å². The average molecular weight is 236 g/mol. The monoisotopic (exact) mass is 236 g/mol. The molecule has 1 aliphatic rings. The summed E-state index contributed by atoms with van der Waals surface area (Å²) in [5.41, 5.74) is 0. The van der Waals surface area contributed by atoms with E-state index in [9.17, 15) is 0 Å². The summed E-state index contributed by atoms with van der Waals surface area (Å²) in [5, 5.41) is 4.29. The Kier molecular flexibility index (Phi) is 4.46. The number of hydrogen-bond acceptors (Lipinski definition) is 2. The van der Waals surface area contributed by atoms with Gasteiger partial charge < -0.3 is 4.74 Å². The molecular formula is C14H24N2O. The Hall–Kier alpha value is -0.990. The fourth-order valence-corrected chi connectivity index (χ4v) is 2.61. The Morgan fingerprint density at radius 3 is 2.71 bits per heavy atom. The molecule has 1 aliphatic carbocycles. The fourth-order valence-electron chi connectivity index (χ4n) is 2.61. The lowest BCUT2D eigenvalue weighted by Gasteiger charge is -2.27. The molecule has 3 heteroatoms. The van der Waals surface area contributed by atoms with Crippen LogP contribution in [0.25, 0.3) is 0 Å². The fraction of sp³-hybridized carbons (Fsp3) is 0.786. The molecule has 0 saturated heterocycles. The van der Waals surface area contributed by atoms with Crippen molar-refractivity contribution in [1.29, 1.82) is 0 Å². The molecule has 0 atom stereocenters. The van der Waals surface area contributed by atoms with E-state index in [4.69, 9.17) is 4.74 Å². The highest BCUT2D eigenvalue weighted by atomic mass is 16.5. The van der Waals surface area contributed by atoms with E-state index in [2.05, 4.69) is 18.9 Å². The van der Waals surface area contributed by atoms with Crippen molar-refractivity contribution in [2.45, 2.75) is 65.0 Å². The molecule has 0 bridgehead atoms. The molecular weight excluding hydrogens is 212 g/mol. The first-order chi connectivity index (χ1) is 8.31. The van der Waals surface area contributed by atoms with Gasteiger partial charge in [-0.1, -0.05) is 20.3 Å². The third-order valence-corrected chi connectivity index (χ3v) is 3.74. The summed E-state index contributed by atoms with van der Waals surface area (Å²) in [4.78, 5) is 0. The van der Waals surface area contributed by atoms with Gasteiger partial charge in [0.1, 0.15) is 0 Å². The quantitative estimate of drug-likeness (QED) is 0.780. The van der Waals surface area contributed by atoms with Crippen molar-refractivity contribution in [2.24, 2.45) is 5.92 Å². The van der Waals surface area contributed by atoms with Crippen molar-refractivity contribution in [3.05, 3.63) is 12.4 Å². The van der Waals surface area contributed by atoms with Crippen LogP contribution in [0.15, 0.2) is 12.4 Å². The summed E-state index contributed by atoms with van der Waals surface area (Å²) < 4.78 is 7.96. The van der Waals surface area contributed by atoms with E-state index in [1.165, 1.54) is 32.1 Å². The van der Waals surface area contributed by atoms with Crippen LogP contribution in [0.3, 0.4) is 0 Å². The van der Waals surface area contributed by atoms with Crippen molar-refractivity contribution in [3.63, 3.8) is 0 Å². The molecule has 1 aromatic heterocycles. The van der Waals surface area contributed by atoms with Crippen LogP contribution in [0.5, 0.6) is 5.75 Å². The van der Waals surface area contributed by atoms with Gasteiger partial charge in [-0.3, -0.25) is 4.68 Å². The van der Waals surface area contributed by atoms with E-state index in [0.717, 1.165) is 24.6 Å². The minimum absolute atomic E-state index is 0.414. The third kappa shape index (κ3) is 3.48. The lowest BCUT2D eigenvalue weighted by Crippen LogP contribution is -2.23. The third-order valence-electron chi connectivity index (χ3n) is 3.74. The number of ether oxygens (including phenoxy) is 1. The van der Waals surface area contributed by atoms with E-state index in [0.29, 0.717) is 6.10 Å². The van der Waals surface area contributed by atoms with E-state index >= 15 is 0 Å². The van der Waals surface area contributed by atoms with Crippen LogP contribution >= 0.6 is 0 Å². The summed E-state index contributed by atoms with van der Waals surface area (Å²) in [7, 11) is 0. The van der Waals surface area contributed by atoms with Crippen LogP contribution in [0.1, 0.15) is 52.4 Å². The lowest BCUT2D eigenvalue weighted by molar-refractivity contribution is 0.130. The largest absolute Gasteiger partial charge is 0.487 e. The molecule has 0 N–H and O–H groups in total. The van der Waals surface area contributed by atoms with Gasteiger partial charge in [0.2, 0.25) is 0 Å². The Bertz CT molecular complexity index is 327. The van der Waals surface area contributed by atoms with Gasteiger partial charge in [0, 0.05) is 6.54 Å². The first-order valence-electron chi connectivity index (χ1n) is 7.01. The zero-order chi connectivity index (χ0) is 12.1. The number of aryl methyl sites for hydroxylation is 1. The van der Waals surface area contributed by atoms with Crippen LogP contribution < -0.4 is 4.74 Å². The zero-order valence-electron chi connectivity index (χ0n) is 11.1. The summed E-state index contributed by atoms with van der Waals surface area (Å²) in [6, 6.07) is 0. The second-order valence-corrected chi connectivity index (χ2v) is 5.11. The van der Waals surface area contributed by atoms with Gasteiger partial charge >= 0.3 is 0 Å². The lowest BCUT2D eigenvalue weighted by atomic mass is 9.86. The molecule has 3 nitrogen and oxygen atoms in total. The van der Waals surface area contributed by atoms with E-state index < -0.39 is 0 Å². The molecule has 0 aromatic carbocycles. The second kappa shape index (κ2) is 6.08. The Labute approximate surface area is 104 Å². The average Bonchev–Trinajstić information content (AvgIpc) is 2.78. The topological polar surface area (TPSA) is 27.1 Å². The van der Waals surface area contributed by atoms with Gasteiger partial charge in [0.25, 0.3) is 0 Å². The summed E-state index contributed by atoms with van der Waals surface area (Å²) in [5.74, 6) is 1.87. The standard InChI is InChI=1S/C14H24N2O/c1-3-9-16-11-14(10-15-16)17-13-7-5-12(4-2)6-8-13/h10-13H,3-9H2,1-2H3. The van der Waals surface area contributed by atoms with Gasteiger partial charge in [-0.2, -0.15) is 5.10 Å². The number of hydrogen-bond donors (Lipinski definition) is 0. The maximum atomic E-state index is 5.99. The van der Waals surface area contributed by atoms with Crippen LogP contribution in [0.2, 0.25) is 0 Å². The van der Waals surface area contributed by atoms with Crippen LogP contribution in [-0.4, -0.2) is 15.9 Å². The first kappa shape index (κ1) is 12.5. The second-order valence-electron chi connectivity index (χ2n) is 5.11. The number of nitrogens with zero attached hydrogens (tertiary/aromatic N) is 2. The van der Waals surface area contributed by atoms with Crippen molar-refractivity contribution >= 4 is 0 Å². The molecule has 96 valence electrons. The highest BCUT2D eigenvalue weighted by Crippen LogP contribution is 2.29. The molecule has 1 fully saturated rings. The Morgan fingerprint density at radius 1 is 1.29 bits per heavy atom. The molecule has 0 radical (unpaired) electrons. The SMILES string of the molecule is CCCn1cc(OC2CCC(CC)CC2)cn1. The normalized spacial score (nSPS) is 24.8. The molecule has 2 rings (SSSR count). The smallest absolute Gasteiger partial charge is 0.157 e. The number of rotatable bonds is 5. The molecule has 1 saturated carbocycles. The van der Waals surface area contributed by atoms with Gasteiger partial charge in [0.15, 0.2) is 5.75 Å². The highest BCUT2D eigenvalue weighted by molar-refractivity contribution is 5.12. The van der Waals surface area contributed by atoms with Gasteiger partial charge in [0.05, 0.1) is 18.5 Å². The van der Waals surface area contributed by atoms with Crippen LogP contribution in [0.4, 0.5) is 0 Å². The minimum atomic E-state index is 0.414. The molecule has 0 aliphatic heterocycles. The summed E-state index contributed by atoms with van der Waals surface area (Å²) >= 11 is 0. The number of aromatic nitrogens is 2. The van der Waals surface area contributed by atoms with E-state index in [1.54, 1.807) is 0 Å². The highest BCUT2D eigenvalue weighted by Gasteiger charge is 2.21. The van der Waals surface area contributed by atoms with Crippen LogP contribution in [0, 0.1) is 5.92 Å². The Balaban J connectivity index is 1.80. The molecule has 1 aromatic rings. The maximum Gasteiger partial charge on any atom is 0.157 e. The maximum absolute atomic E-state index is 5.99. The summed E-state index contributed by atoms with van der Waals surface area (Å²) in [6.07, 6.45) is 11.8. The van der Waals surface area contributed by atoms with Crippen molar-refractivity contribution in [1.82, 2.24) is 9.78 Å². The predicted octanol–water partition coefficient (Wildman–Crippen LogP) is 3.64. The molecule has 0 unspecified atom stereocenters. The van der Waals surface area contributed by atoms with E-state index in [-0.39, 0.29) is 0 Å². The molecule has 0 spiro atoms.